The highest BCUT2D eigenvalue weighted by Crippen LogP contribution is 2.67. The Morgan fingerprint density at radius 3 is 2.41 bits per heavy atom. The molecule has 1 aliphatic rings. The van der Waals surface area contributed by atoms with Gasteiger partial charge in [-0.2, -0.15) is 5.10 Å². The minimum absolute atomic E-state index is 0.480. The molecule has 0 spiro atoms. The SMILES string of the molecule is CCn1cc(CNCC2C(C)(C)C2(C)C)cn1. The van der Waals surface area contributed by atoms with Crippen LogP contribution in [-0.2, 0) is 13.1 Å². The van der Waals surface area contributed by atoms with Gasteiger partial charge in [-0.25, -0.2) is 0 Å². The van der Waals surface area contributed by atoms with E-state index in [0.29, 0.717) is 10.8 Å². The van der Waals surface area contributed by atoms with Gasteiger partial charge < -0.3 is 5.32 Å². The molecule has 3 heteroatoms. The van der Waals surface area contributed by atoms with Crippen LogP contribution in [0.1, 0.15) is 40.2 Å². The van der Waals surface area contributed by atoms with E-state index in [-0.39, 0.29) is 0 Å². The molecule has 1 aliphatic carbocycles. The zero-order valence-electron chi connectivity index (χ0n) is 11.7. The van der Waals surface area contributed by atoms with Crippen molar-refractivity contribution in [3.63, 3.8) is 0 Å². The number of hydrogen-bond donors (Lipinski definition) is 1. The molecule has 1 aromatic rings. The molecule has 0 atom stereocenters. The normalized spacial score (nSPS) is 21.7. The van der Waals surface area contributed by atoms with Crippen molar-refractivity contribution in [2.24, 2.45) is 16.7 Å². The predicted octanol–water partition coefficient (Wildman–Crippen LogP) is 2.67. The maximum absolute atomic E-state index is 4.28. The summed E-state index contributed by atoms with van der Waals surface area (Å²) in [6.07, 6.45) is 4.08. The van der Waals surface area contributed by atoms with Crippen LogP contribution >= 0.6 is 0 Å². The van der Waals surface area contributed by atoms with E-state index in [0.717, 1.165) is 25.6 Å². The smallest absolute Gasteiger partial charge is 0.0534 e. The van der Waals surface area contributed by atoms with Gasteiger partial charge >= 0.3 is 0 Å². The maximum Gasteiger partial charge on any atom is 0.0534 e. The molecule has 17 heavy (non-hydrogen) atoms. The monoisotopic (exact) mass is 235 g/mol. The first-order chi connectivity index (χ1) is 7.89. The molecule has 0 unspecified atom stereocenters. The van der Waals surface area contributed by atoms with Crippen molar-refractivity contribution in [2.45, 2.75) is 47.7 Å². The molecular weight excluding hydrogens is 210 g/mol. The van der Waals surface area contributed by atoms with Gasteiger partial charge in [-0.15, -0.1) is 0 Å². The Bertz CT molecular complexity index is 376. The largest absolute Gasteiger partial charge is 0.312 e. The topological polar surface area (TPSA) is 29.9 Å². The van der Waals surface area contributed by atoms with Crippen LogP contribution < -0.4 is 5.32 Å². The summed E-state index contributed by atoms with van der Waals surface area (Å²) >= 11 is 0. The summed E-state index contributed by atoms with van der Waals surface area (Å²) in [5, 5.41) is 7.84. The average Bonchev–Trinajstić information content (AvgIpc) is 2.64. The van der Waals surface area contributed by atoms with Gasteiger partial charge in [0.25, 0.3) is 0 Å². The molecule has 1 saturated carbocycles. The summed E-state index contributed by atoms with van der Waals surface area (Å²) in [6.45, 7) is 14.6. The molecule has 1 aromatic heterocycles. The van der Waals surface area contributed by atoms with Gasteiger partial charge in [-0.3, -0.25) is 4.68 Å². The van der Waals surface area contributed by atoms with E-state index in [1.54, 1.807) is 0 Å². The van der Waals surface area contributed by atoms with E-state index < -0.39 is 0 Å². The Hall–Kier alpha value is -0.830. The maximum atomic E-state index is 4.28. The van der Waals surface area contributed by atoms with Crippen molar-refractivity contribution in [2.75, 3.05) is 6.54 Å². The van der Waals surface area contributed by atoms with Crippen molar-refractivity contribution in [3.05, 3.63) is 18.0 Å². The van der Waals surface area contributed by atoms with Crippen LogP contribution in [0.4, 0.5) is 0 Å². The van der Waals surface area contributed by atoms with Gasteiger partial charge in [-0.1, -0.05) is 27.7 Å². The first-order valence-electron chi connectivity index (χ1n) is 6.61. The Kier molecular flexibility index (Phi) is 3.06. The lowest BCUT2D eigenvalue weighted by atomic mass is 10.0. The van der Waals surface area contributed by atoms with Gasteiger partial charge in [0, 0.05) is 24.8 Å². The summed E-state index contributed by atoms with van der Waals surface area (Å²) in [4.78, 5) is 0. The van der Waals surface area contributed by atoms with E-state index in [9.17, 15) is 0 Å². The second-order valence-corrected chi connectivity index (χ2v) is 6.33. The molecule has 2 rings (SSSR count). The second kappa shape index (κ2) is 4.13. The average molecular weight is 235 g/mol. The molecular formula is C14H25N3. The van der Waals surface area contributed by atoms with Gasteiger partial charge in [-0.05, 0) is 30.2 Å². The number of aryl methyl sites for hydroxylation is 1. The third-order valence-electron chi connectivity index (χ3n) is 5.01. The molecule has 0 aromatic carbocycles. The molecule has 1 N–H and O–H groups in total. The first-order valence-corrected chi connectivity index (χ1v) is 6.61. The number of aromatic nitrogens is 2. The standard InChI is InChI=1S/C14H25N3/c1-6-17-10-11(8-16-17)7-15-9-12-13(2,3)14(12,4)5/h8,10,12,15H,6-7,9H2,1-5H3. The fourth-order valence-corrected chi connectivity index (χ4v) is 2.87. The highest BCUT2D eigenvalue weighted by atomic mass is 15.3. The van der Waals surface area contributed by atoms with Crippen LogP contribution in [0.3, 0.4) is 0 Å². The second-order valence-electron chi connectivity index (χ2n) is 6.33. The van der Waals surface area contributed by atoms with Gasteiger partial charge in [0.1, 0.15) is 0 Å². The zero-order chi connectivity index (χ0) is 12.7. The molecule has 0 amide bonds. The van der Waals surface area contributed by atoms with Crippen LogP contribution in [0, 0.1) is 16.7 Å². The van der Waals surface area contributed by atoms with Crippen molar-refractivity contribution in [3.8, 4) is 0 Å². The predicted molar refractivity (Wildman–Crippen MR) is 70.7 cm³/mol. The Morgan fingerprint density at radius 1 is 1.29 bits per heavy atom. The molecule has 1 heterocycles. The van der Waals surface area contributed by atoms with E-state index in [4.69, 9.17) is 0 Å². The first kappa shape index (κ1) is 12.6. The lowest BCUT2D eigenvalue weighted by Crippen LogP contribution is -2.18. The quantitative estimate of drug-likeness (QED) is 0.850. The van der Waals surface area contributed by atoms with E-state index in [1.807, 2.05) is 10.9 Å². The van der Waals surface area contributed by atoms with Gasteiger partial charge in [0.2, 0.25) is 0 Å². The molecule has 96 valence electrons. The summed E-state index contributed by atoms with van der Waals surface area (Å²) in [5.41, 5.74) is 2.24. The molecule has 0 saturated heterocycles. The summed E-state index contributed by atoms with van der Waals surface area (Å²) < 4.78 is 1.97. The number of hydrogen-bond acceptors (Lipinski definition) is 2. The van der Waals surface area contributed by atoms with Crippen molar-refractivity contribution < 1.29 is 0 Å². The van der Waals surface area contributed by atoms with Crippen LogP contribution in [0.5, 0.6) is 0 Å². The lowest BCUT2D eigenvalue weighted by molar-refractivity contribution is 0.457. The third kappa shape index (κ3) is 2.13. The molecule has 1 fully saturated rings. The van der Waals surface area contributed by atoms with Crippen LogP contribution in [0.15, 0.2) is 12.4 Å². The Labute approximate surface area is 105 Å². The zero-order valence-corrected chi connectivity index (χ0v) is 11.7. The minimum Gasteiger partial charge on any atom is -0.312 e. The molecule has 0 radical (unpaired) electrons. The number of rotatable bonds is 5. The van der Waals surface area contributed by atoms with Crippen molar-refractivity contribution >= 4 is 0 Å². The summed E-state index contributed by atoms with van der Waals surface area (Å²) in [5.74, 6) is 0.788. The van der Waals surface area contributed by atoms with Crippen molar-refractivity contribution in [1.29, 1.82) is 0 Å². The number of nitrogens with one attached hydrogen (secondary N) is 1. The van der Waals surface area contributed by atoms with E-state index in [2.05, 4.69) is 51.2 Å². The van der Waals surface area contributed by atoms with Crippen LogP contribution in [0.25, 0.3) is 0 Å². The molecule has 0 bridgehead atoms. The van der Waals surface area contributed by atoms with Crippen molar-refractivity contribution in [1.82, 2.24) is 15.1 Å². The van der Waals surface area contributed by atoms with E-state index >= 15 is 0 Å². The van der Waals surface area contributed by atoms with E-state index in [1.165, 1.54) is 5.56 Å². The highest BCUT2D eigenvalue weighted by Gasteiger charge is 2.63. The highest BCUT2D eigenvalue weighted by molar-refractivity contribution is 5.13. The molecule has 3 nitrogen and oxygen atoms in total. The fraction of sp³-hybridized carbons (Fsp3) is 0.786. The lowest BCUT2D eigenvalue weighted by Gasteiger charge is -2.04. The summed E-state index contributed by atoms with van der Waals surface area (Å²) in [6, 6.07) is 0. The summed E-state index contributed by atoms with van der Waals surface area (Å²) in [7, 11) is 0. The van der Waals surface area contributed by atoms with Gasteiger partial charge in [0.15, 0.2) is 0 Å². The minimum atomic E-state index is 0.480. The molecule has 0 aliphatic heterocycles. The van der Waals surface area contributed by atoms with Crippen LogP contribution in [0.2, 0.25) is 0 Å². The van der Waals surface area contributed by atoms with Crippen LogP contribution in [-0.4, -0.2) is 16.3 Å². The fourth-order valence-electron chi connectivity index (χ4n) is 2.87. The van der Waals surface area contributed by atoms with Gasteiger partial charge in [0.05, 0.1) is 6.20 Å². The third-order valence-corrected chi connectivity index (χ3v) is 5.01. The Morgan fingerprint density at radius 2 is 1.94 bits per heavy atom. The Balaban J connectivity index is 1.78. The number of nitrogens with zero attached hydrogens (tertiary/aromatic N) is 2.